The summed E-state index contributed by atoms with van der Waals surface area (Å²) in [5.41, 5.74) is 0. The Morgan fingerprint density at radius 2 is 2.09 bits per heavy atom. The zero-order valence-corrected chi connectivity index (χ0v) is 13.9. The Bertz CT molecular complexity index is 471. The van der Waals surface area contributed by atoms with Crippen LogP contribution in [0, 0.1) is 0 Å². The van der Waals surface area contributed by atoms with E-state index in [1.165, 1.54) is 6.42 Å². The lowest BCUT2D eigenvalue weighted by Gasteiger charge is -2.39. The van der Waals surface area contributed by atoms with Crippen molar-refractivity contribution in [1.82, 2.24) is 19.6 Å². The first-order valence-corrected chi connectivity index (χ1v) is 8.90. The molecule has 1 aromatic rings. The zero-order chi connectivity index (χ0) is 15.9. The Hall–Kier alpha value is -1.40. The molecule has 0 saturated carbocycles. The molecule has 0 spiro atoms. The molecule has 2 fully saturated rings. The van der Waals surface area contributed by atoms with Gasteiger partial charge in [0.1, 0.15) is 0 Å². The molecule has 1 atom stereocenters. The number of aromatic nitrogens is 2. The quantitative estimate of drug-likeness (QED) is 0.794. The maximum Gasteiger partial charge on any atom is 0.222 e. The van der Waals surface area contributed by atoms with Crippen molar-refractivity contribution >= 4 is 5.91 Å². The molecule has 0 radical (unpaired) electrons. The van der Waals surface area contributed by atoms with E-state index in [2.05, 4.69) is 14.9 Å². The van der Waals surface area contributed by atoms with Gasteiger partial charge in [0, 0.05) is 57.6 Å². The van der Waals surface area contributed by atoms with Gasteiger partial charge in [-0.2, -0.15) is 5.10 Å². The Balaban J connectivity index is 1.47. The van der Waals surface area contributed by atoms with Crippen LogP contribution in [0.1, 0.15) is 32.1 Å². The lowest BCUT2D eigenvalue weighted by atomic mass is 10.0. The first-order chi connectivity index (χ1) is 11.3. The minimum atomic E-state index is 0.315. The summed E-state index contributed by atoms with van der Waals surface area (Å²) in [6, 6.07) is 2.31. The fourth-order valence-corrected chi connectivity index (χ4v) is 3.57. The van der Waals surface area contributed by atoms with E-state index in [0.29, 0.717) is 18.4 Å². The Morgan fingerprint density at radius 1 is 1.22 bits per heavy atom. The van der Waals surface area contributed by atoms with Crippen molar-refractivity contribution in [3.8, 4) is 0 Å². The minimum absolute atomic E-state index is 0.315. The van der Waals surface area contributed by atoms with Gasteiger partial charge in [-0.25, -0.2) is 0 Å². The van der Waals surface area contributed by atoms with Crippen LogP contribution < -0.4 is 0 Å². The predicted molar refractivity (Wildman–Crippen MR) is 88.1 cm³/mol. The molecule has 6 heteroatoms. The summed E-state index contributed by atoms with van der Waals surface area (Å²) in [5, 5.41) is 4.19. The molecule has 1 amide bonds. The number of hydrogen-bond acceptors (Lipinski definition) is 4. The fourth-order valence-electron chi connectivity index (χ4n) is 3.57. The Labute approximate surface area is 138 Å². The Morgan fingerprint density at radius 3 is 2.87 bits per heavy atom. The van der Waals surface area contributed by atoms with E-state index >= 15 is 0 Å². The third-order valence-electron chi connectivity index (χ3n) is 4.86. The van der Waals surface area contributed by atoms with Crippen LogP contribution in [0.3, 0.4) is 0 Å². The normalized spacial score (nSPS) is 23.1. The molecule has 6 nitrogen and oxygen atoms in total. The van der Waals surface area contributed by atoms with Crippen LogP contribution in [-0.4, -0.2) is 70.9 Å². The molecule has 3 heterocycles. The standard InChI is InChI=1S/C17H28N4O2/c22-17(6-3-8-20-9-4-7-18-20)21-10-2-1-5-16(21)15-19-11-13-23-14-12-19/h4,7,9,16H,1-3,5-6,8,10-15H2/t16-/m1/s1. The molecule has 2 aliphatic rings. The van der Waals surface area contributed by atoms with Gasteiger partial charge in [0.25, 0.3) is 0 Å². The molecule has 0 bridgehead atoms. The van der Waals surface area contributed by atoms with Crippen LogP contribution in [0.25, 0.3) is 0 Å². The third kappa shape index (κ3) is 4.78. The lowest BCUT2D eigenvalue weighted by molar-refractivity contribution is -0.135. The summed E-state index contributed by atoms with van der Waals surface area (Å²) in [7, 11) is 0. The van der Waals surface area contributed by atoms with Gasteiger partial charge in [0.05, 0.1) is 13.2 Å². The lowest BCUT2D eigenvalue weighted by Crippen LogP contribution is -2.51. The number of nitrogens with zero attached hydrogens (tertiary/aromatic N) is 4. The third-order valence-corrected chi connectivity index (χ3v) is 4.86. The van der Waals surface area contributed by atoms with Crippen LogP contribution in [0.4, 0.5) is 0 Å². The zero-order valence-electron chi connectivity index (χ0n) is 13.9. The van der Waals surface area contributed by atoms with E-state index in [1.54, 1.807) is 6.20 Å². The topological polar surface area (TPSA) is 50.6 Å². The minimum Gasteiger partial charge on any atom is -0.379 e. The van der Waals surface area contributed by atoms with Crippen LogP contribution in [0.15, 0.2) is 18.5 Å². The summed E-state index contributed by atoms with van der Waals surface area (Å²) < 4.78 is 7.32. The second-order valence-corrected chi connectivity index (χ2v) is 6.52. The van der Waals surface area contributed by atoms with Crippen molar-refractivity contribution in [2.45, 2.75) is 44.7 Å². The number of morpholine rings is 1. The summed E-state index contributed by atoms with van der Waals surface area (Å²) in [6.07, 6.45) is 8.75. The summed E-state index contributed by atoms with van der Waals surface area (Å²) in [4.78, 5) is 17.2. The predicted octanol–water partition coefficient (Wildman–Crippen LogP) is 1.38. The van der Waals surface area contributed by atoms with Crippen LogP contribution in [0.2, 0.25) is 0 Å². The molecule has 2 aliphatic heterocycles. The van der Waals surface area contributed by atoms with Crippen LogP contribution in [0.5, 0.6) is 0 Å². The summed E-state index contributed by atoms with van der Waals surface area (Å²) >= 11 is 0. The van der Waals surface area contributed by atoms with Crippen molar-refractivity contribution in [2.24, 2.45) is 0 Å². The number of likely N-dealkylation sites (tertiary alicyclic amines) is 1. The van der Waals surface area contributed by atoms with Crippen molar-refractivity contribution < 1.29 is 9.53 Å². The molecule has 128 valence electrons. The number of carbonyl (C=O) groups excluding carboxylic acids is 1. The number of piperidine rings is 1. The average molecular weight is 320 g/mol. The van der Waals surface area contributed by atoms with E-state index in [9.17, 15) is 4.79 Å². The molecule has 23 heavy (non-hydrogen) atoms. The summed E-state index contributed by atoms with van der Waals surface area (Å²) in [6.45, 7) is 6.40. The van der Waals surface area contributed by atoms with Gasteiger partial charge in [0.2, 0.25) is 5.91 Å². The highest BCUT2D eigenvalue weighted by molar-refractivity contribution is 5.76. The van der Waals surface area contributed by atoms with Crippen LogP contribution >= 0.6 is 0 Å². The average Bonchev–Trinajstić information content (AvgIpc) is 3.09. The second kappa shape index (κ2) is 8.45. The van der Waals surface area contributed by atoms with E-state index < -0.39 is 0 Å². The van der Waals surface area contributed by atoms with E-state index in [4.69, 9.17) is 4.74 Å². The maximum atomic E-state index is 12.6. The van der Waals surface area contributed by atoms with E-state index in [1.807, 2.05) is 16.9 Å². The van der Waals surface area contributed by atoms with Gasteiger partial charge >= 0.3 is 0 Å². The first-order valence-electron chi connectivity index (χ1n) is 8.90. The number of aryl methyl sites for hydroxylation is 1. The van der Waals surface area contributed by atoms with E-state index in [0.717, 1.165) is 65.2 Å². The van der Waals surface area contributed by atoms with Gasteiger partial charge < -0.3 is 9.64 Å². The molecular weight excluding hydrogens is 292 g/mol. The van der Waals surface area contributed by atoms with Gasteiger partial charge in [-0.1, -0.05) is 0 Å². The number of ether oxygens (including phenoxy) is 1. The number of carbonyl (C=O) groups is 1. The molecule has 3 rings (SSSR count). The molecule has 0 aromatic carbocycles. The smallest absolute Gasteiger partial charge is 0.222 e. The molecule has 0 N–H and O–H groups in total. The van der Waals surface area contributed by atoms with Crippen molar-refractivity contribution in [2.75, 3.05) is 39.4 Å². The van der Waals surface area contributed by atoms with Gasteiger partial charge in [-0.05, 0) is 31.7 Å². The van der Waals surface area contributed by atoms with Gasteiger partial charge in [-0.3, -0.25) is 14.4 Å². The number of hydrogen-bond donors (Lipinski definition) is 0. The fraction of sp³-hybridized carbons (Fsp3) is 0.765. The SMILES string of the molecule is O=C(CCCn1cccn1)N1CCCC[C@@H]1CN1CCOCC1. The maximum absolute atomic E-state index is 12.6. The van der Waals surface area contributed by atoms with E-state index in [-0.39, 0.29) is 0 Å². The Kier molecular flexibility index (Phi) is 6.05. The number of amides is 1. The van der Waals surface area contributed by atoms with Crippen LogP contribution in [-0.2, 0) is 16.1 Å². The molecule has 0 aliphatic carbocycles. The highest BCUT2D eigenvalue weighted by atomic mass is 16.5. The van der Waals surface area contributed by atoms with Crippen molar-refractivity contribution in [1.29, 1.82) is 0 Å². The highest BCUT2D eigenvalue weighted by Gasteiger charge is 2.28. The molecule has 2 saturated heterocycles. The largest absolute Gasteiger partial charge is 0.379 e. The monoisotopic (exact) mass is 320 g/mol. The molecule has 0 unspecified atom stereocenters. The van der Waals surface area contributed by atoms with Crippen molar-refractivity contribution in [3.63, 3.8) is 0 Å². The molecular formula is C17H28N4O2. The highest BCUT2D eigenvalue weighted by Crippen LogP contribution is 2.20. The first kappa shape index (κ1) is 16.5. The second-order valence-electron chi connectivity index (χ2n) is 6.52. The summed E-state index contributed by atoms with van der Waals surface area (Å²) in [5.74, 6) is 0.315. The number of rotatable bonds is 6. The van der Waals surface area contributed by atoms with Gasteiger partial charge in [-0.15, -0.1) is 0 Å². The van der Waals surface area contributed by atoms with Crippen molar-refractivity contribution in [3.05, 3.63) is 18.5 Å². The molecule has 1 aromatic heterocycles. The van der Waals surface area contributed by atoms with Gasteiger partial charge in [0.15, 0.2) is 0 Å².